The molecule has 1 aromatic rings. The molecule has 1 heterocycles. The molecule has 3 heteroatoms. The minimum Gasteiger partial charge on any atom is -0.315 e. The number of hydrogen-bond acceptors (Lipinski definition) is 3. The highest BCUT2D eigenvalue weighted by molar-refractivity contribution is 5.02. The van der Waals surface area contributed by atoms with Crippen molar-refractivity contribution >= 4 is 0 Å². The van der Waals surface area contributed by atoms with Gasteiger partial charge < -0.3 is 10.6 Å². The molecule has 0 saturated carbocycles. The fourth-order valence-corrected chi connectivity index (χ4v) is 1.29. The fraction of sp³-hybridized carbons (Fsp3) is 0.583. The molecule has 0 bridgehead atoms. The molecule has 0 aliphatic carbocycles. The molecule has 0 aromatic carbocycles. The lowest BCUT2D eigenvalue weighted by Crippen LogP contribution is -2.29. The molecule has 0 saturated heterocycles. The number of nitrogens with zero attached hydrogens (tertiary/aromatic N) is 1. The zero-order chi connectivity index (χ0) is 10.9. The maximum atomic E-state index is 4.24. The van der Waals surface area contributed by atoms with Gasteiger partial charge in [0.2, 0.25) is 0 Å². The van der Waals surface area contributed by atoms with E-state index in [4.69, 9.17) is 0 Å². The molecule has 0 spiro atoms. The van der Waals surface area contributed by atoms with Crippen LogP contribution < -0.4 is 10.6 Å². The van der Waals surface area contributed by atoms with Gasteiger partial charge >= 0.3 is 0 Å². The number of aromatic nitrogens is 1. The Kier molecular flexibility index (Phi) is 5.97. The molecule has 1 aromatic heterocycles. The summed E-state index contributed by atoms with van der Waals surface area (Å²) in [6.45, 7) is 8.38. The first kappa shape index (κ1) is 12.1. The van der Waals surface area contributed by atoms with Crippen LogP contribution in [-0.4, -0.2) is 24.6 Å². The number of rotatable bonds is 7. The third kappa shape index (κ3) is 6.20. The molecule has 0 fully saturated rings. The monoisotopic (exact) mass is 207 g/mol. The van der Waals surface area contributed by atoms with Crippen molar-refractivity contribution < 1.29 is 0 Å². The Morgan fingerprint density at radius 1 is 1.20 bits per heavy atom. The van der Waals surface area contributed by atoms with Gasteiger partial charge in [0.25, 0.3) is 0 Å². The first-order chi connectivity index (χ1) is 7.29. The molecule has 1 rings (SSSR count). The van der Waals surface area contributed by atoms with Crippen LogP contribution in [0.15, 0.2) is 24.4 Å². The highest BCUT2D eigenvalue weighted by Crippen LogP contribution is 1.91. The average molecular weight is 207 g/mol. The highest BCUT2D eigenvalue weighted by Gasteiger charge is 1.93. The summed E-state index contributed by atoms with van der Waals surface area (Å²) < 4.78 is 0. The Hall–Kier alpha value is -0.930. The molecule has 0 aliphatic heterocycles. The van der Waals surface area contributed by atoms with E-state index in [0.717, 1.165) is 37.8 Å². The van der Waals surface area contributed by atoms with Crippen LogP contribution in [0.5, 0.6) is 0 Å². The molecule has 0 amide bonds. The van der Waals surface area contributed by atoms with Gasteiger partial charge in [-0.25, -0.2) is 0 Å². The van der Waals surface area contributed by atoms with Gasteiger partial charge in [-0.1, -0.05) is 19.9 Å². The summed E-state index contributed by atoms with van der Waals surface area (Å²) in [5.41, 5.74) is 1.10. The van der Waals surface area contributed by atoms with E-state index in [1.807, 2.05) is 24.4 Å². The minimum atomic E-state index is 0.723. The zero-order valence-corrected chi connectivity index (χ0v) is 9.66. The number of hydrogen-bond donors (Lipinski definition) is 2. The first-order valence-electron chi connectivity index (χ1n) is 5.60. The quantitative estimate of drug-likeness (QED) is 0.664. The molecule has 0 radical (unpaired) electrons. The second kappa shape index (κ2) is 7.37. The molecule has 0 unspecified atom stereocenters. The Morgan fingerprint density at radius 3 is 2.67 bits per heavy atom. The molecule has 84 valence electrons. The van der Waals surface area contributed by atoms with E-state index in [2.05, 4.69) is 29.5 Å². The number of pyridine rings is 1. The SMILES string of the molecule is CC(C)CNCCNCc1ccccn1. The summed E-state index contributed by atoms with van der Waals surface area (Å²) >= 11 is 0. The van der Waals surface area contributed by atoms with Crippen molar-refractivity contribution in [3.8, 4) is 0 Å². The Morgan fingerprint density at radius 2 is 2.00 bits per heavy atom. The van der Waals surface area contributed by atoms with Gasteiger partial charge in [-0.05, 0) is 24.6 Å². The Bertz CT molecular complexity index is 246. The van der Waals surface area contributed by atoms with Crippen molar-refractivity contribution in [1.29, 1.82) is 0 Å². The minimum absolute atomic E-state index is 0.723. The molecule has 2 N–H and O–H groups in total. The summed E-state index contributed by atoms with van der Waals surface area (Å²) in [6, 6.07) is 5.99. The van der Waals surface area contributed by atoms with Gasteiger partial charge in [0.15, 0.2) is 0 Å². The summed E-state index contributed by atoms with van der Waals surface area (Å²) in [5.74, 6) is 0.723. The van der Waals surface area contributed by atoms with Crippen LogP contribution >= 0.6 is 0 Å². The van der Waals surface area contributed by atoms with Crippen molar-refractivity contribution in [1.82, 2.24) is 15.6 Å². The molecule has 3 nitrogen and oxygen atoms in total. The van der Waals surface area contributed by atoms with Crippen molar-refractivity contribution in [3.05, 3.63) is 30.1 Å². The lowest BCUT2D eigenvalue weighted by molar-refractivity contribution is 0.534. The molecular formula is C12H21N3. The van der Waals surface area contributed by atoms with E-state index < -0.39 is 0 Å². The summed E-state index contributed by atoms with van der Waals surface area (Å²) in [7, 11) is 0. The summed E-state index contributed by atoms with van der Waals surface area (Å²) in [6.07, 6.45) is 1.83. The molecular weight excluding hydrogens is 186 g/mol. The van der Waals surface area contributed by atoms with Crippen LogP contribution in [-0.2, 0) is 6.54 Å². The molecule has 0 aliphatic rings. The van der Waals surface area contributed by atoms with Gasteiger partial charge in [-0.15, -0.1) is 0 Å². The van der Waals surface area contributed by atoms with Gasteiger partial charge in [0, 0.05) is 25.8 Å². The van der Waals surface area contributed by atoms with Gasteiger partial charge in [0.05, 0.1) is 5.69 Å². The first-order valence-corrected chi connectivity index (χ1v) is 5.60. The maximum Gasteiger partial charge on any atom is 0.0541 e. The van der Waals surface area contributed by atoms with Crippen LogP contribution in [0.4, 0.5) is 0 Å². The lowest BCUT2D eigenvalue weighted by Gasteiger charge is -2.08. The summed E-state index contributed by atoms with van der Waals surface area (Å²) in [5, 5.41) is 6.74. The van der Waals surface area contributed by atoms with E-state index in [1.165, 1.54) is 0 Å². The smallest absolute Gasteiger partial charge is 0.0541 e. The zero-order valence-electron chi connectivity index (χ0n) is 9.66. The normalized spacial score (nSPS) is 10.9. The molecule has 15 heavy (non-hydrogen) atoms. The maximum absolute atomic E-state index is 4.24. The van der Waals surface area contributed by atoms with Crippen LogP contribution in [0, 0.1) is 5.92 Å². The van der Waals surface area contributed by atoms with Crippen LogP contribution in [0.1, 0.15) is 19.5 Å². The third-order valence-corrected chi connectivity index (χ3v) is 2.06. The van der Waals surface area contributed by atoms with E-state index in [-0.39, 0.29) is 0 Å². The van der Waals surface area contributed by atoms with Gasteiger partial charge in [-0.2, -0.15) is 0 Å². The van der Waals surface area contributed by atoms with Crippen LogP contribution in [0.2, 0.25) is 0 Å². The van der Waals surface area contributed by atoms with Crippen molar-refractivity contribution in [2.75, 3.05) is 19.6 Å². The van der Waals surface area contributed by atoms with E-state index in [9.17, 15) is 0 Å². The van der Waals surface area contributed by atoms with Crippen molar-refractivity contribution in [2.45, 2.75) is 20.4 Å². The Labute approximate surface area is 92.3 Å². The average Bonchev–Trinajstić information content (AvgIpc) is 2.24. The lowest BCUT2D eigenvalue weighted by atomic mass is 10.2. The van der Waals surface area contributed by atoms with Gasteiger partial charge in [0.1, 0.15) is 0 Å². The molecule has 0 atom stereocenters. The second-order valence-electron chi connectivity index (χ2n) is 4.10. The standard InChI is InChI=1S/C12H21N3/c1-11(2)9-13-7-8-14-10-12-5-3-4-6-15-12/h3-6,11,13-14H,7-10H2,1-2H3. The predicted molar refractivity (Wildman–Crippen MR) is 63.7 cm³/mol. The van der Waals surface area contributed by atoms with Crippen molar-refractivity contribution in [3.63, 3.8) is 0 Å². The fourth-order valence-electron chi connectivity index (χ4n) is 1.29. The van der Waals surface area contributed by atoms with Gasteiger partial charge in [-0.3, -0.25) is 4.98 Å². The highest BCUT2D eigenvalue weighted by atomic mass is 14.9. The predicted octanol–water partition coefficient (Wildman–Crippen LogP) is 1.42. The third-order valence-electron chi connectivity index (χ3n) is 2.06. The number of nitrogens with one attached hydrogen (secondary N) is 2. The largest absolute Gasteiger partial charge is 0.315 e. The van der Waals surface area contributed by atoms with Crippen LogP contribution in [0.25, 0.3) is 0 Å². The Balaban J connectivity index is 1.98. The topological polar surface area (TPSA) is 37.0 Å². The summed E-state index contributed by atoms with van der Waals surface area (Å²) in [4.78, 5) is 4.24. The van der Waals surface area contributed by atoms with Crippen LogP contribution in [0.3, 0.4) is 0 Å². The van der Waals surface area contributed by atoms with Crippen molar-refractivity contribution in [2.24, 2.45) is 5.92 Å². The van der Waals surface area contributed by atoms with E-state index >= 15 is 0 Å². The van der Waals surface area contributed by atoms with E-state index in [0.29, 0.717) is 0 Å². The van der Waals surface area contributed by atoms with E-state index in [1.54, 1.807) is 0 Å². The second-order valence-corrected chi connectivity index (χ2v) is 4.10.